The summed E-state index contributed by atoms with van der Waals surface area (Å²) in [6.07, 6.45) is 0.264. The number of anilines is 1. The van der Waals surface area contributed by atoms with E-state index in [1.165, 1.54) is 6.07 Å². The zero-order valence-electron chi connectivity index (χ0n) is 10.3. The fourth-order valence-electron chi connectivity index (χ4n) is 2.31. The first-order chi connectivity index (χ1) is 8.10. The molecule has 0 bridgehead atoms. The van der Waals surface area contributed by atoms with E-state index in [1.807, 2.05) is 30.9 Å². The maximum Gasteiger partial charge on any atom is 0.146 e. The standard InChI is InChI=1S/C13H19FN2O/c1-9-7-16(8-10(2)17-9)13-4-3-11(6-15)5-12(13)14/h3-5,9-10H,6-8,15H2,1-2H3/t9-,10+. The molecule has 1 fully saturated rings. The van der Waals surface area contributed by atoms with Crippen molar-refractivity contribution in [2.45, 2.75) is 32.6 Å². The first kappa shape index (κ1) is 12.3. The number of nitrogens with two attached hydrogens (primary N) is 1. The van der Waals surface area contributed by atoms with Gasteiger partial charge in [-0.3, -0.25) is 0 Å². The third-order valence-corrected chi connectivity index (χ3v) is 3.01. The molecule has 1 heterocycles. The summed E-state index contributed by atoms with van der Waals surface area (Å²) in [6.45, 7) is 5.84. The average molecular weight is 238 g/mol. The van der Waals surface area contributed by atoms with Gasteiger partial charge in [0.15, 0.2) is 0 Å². The third kappa shape index (κ3) is 2.76. The van der Waals surface area contributed by atoms with Crippen LogP contribution >= 0.6 is 0 Å². The first-order valence-corrected chi connectivity index (χ1v) is 5.99. The van der Waals surface area contributed by atoms with Crippen LogP contribution in [0.1, 0.15) is 19.4 Å². The lowest BCUT2D eigenvalue weighted by Gasteiger charge is -2.37. The molecule has 4 heteroatoms. The van der Waals surface area contributed by atoms with Gasteiger partial charge in [0.1, 0.15) is 5.82 Å². The molecule has 0 saturated carbocycles. The van der Waals surface area contributed by atoms with Gasteiger partial charge in [-0.15, -0.1) is 0 Å². The number of rotatable bonds is 2. The van der Waals surface area contributed by atoms with Crippen LogP contribution in [0.3, 0.4) is 0 Å². The van der Waals surface area contributed by atoms with E-state index in [1.54, 1.807) is 0 Å². The molecule has 1 aliphatic rings. The topological polar surface area (TPSA) is 38.5 Å². The summed E-state index contributed by atoms with van der Waals surface area (Å²) >= 11 is 0. The molecule has 0 radical (unpaired) electrons. The Hall–Kier alpha value is -1.13. The fraction of sp³-hybridized carbons (Fsp3) is 0.538. The molecule has 17 heavy (non-hydrogen) atoms. The summed E-state index contributed by atoms with van der Waals surface area (Å²) in [4.78, 5) is 2.04. The van der Waals surface area contributed by atoms with Crippen molar-refractivity contribution in [3.63, 3.8) is 0 Å². The zero-order chi connectivity index (χ0) is 12.4. The Morgan fingerprint density at radius 3 is 2.53 bits per heavy atom. The third-order valence-electron chi connectivity index (χ3n) is 3.01. The molecule has 2 atom stereocenters. The van der Waals surface area contributed by atoms with Crippen LogP contribution in [0.4, 0.5) is 10.1 Å². The maximum absolute atomic E-state index is 13.9. The molecule has 2 N–H and O–H groups in total. The van der Waals surface area contributed by atoms with Crippen molar-refractivity contribution < 1.29 is 9.13 Å². The van der Waals surface area contributed by atoms with Gasteiger partial charge < -0.3 is 15.4 Å². The SMILES string of the molecule is C[C@@H]1CN(c2ccc(CN)cc2F)C[C@H](C)O1. The Kier molecular flexibility index (Phi) is 3.64. The maximum atomic E-state index is 13.9. The number of hydrogen-bond acceptors (Lipinski definition) is 3. The quantitative estimate of drug-likeness (QED) is 0.855. The van der Waals surface area contributed by atoms with Gasteiger partial charge in [0, 0.05) is 19.6 Å². The monoisotopic (exact) mass is 238 g/mol. The van der Waals surface area contributed by atoms with E-state index in [2.05, 4.69) is 0 Å². The highest BCUT2D eigenvalue weighted by atomic mass is 19.1. The van der Waals surface area contributed by atoms with Crippen molar-refractivity contribution in [3.05, 3.63) is 29.6 Å². The molecule has 0 aliphatic carbocycles. The smallest absolute Gasteiger partial charge is 0.146 e. The van der Waals surface area contributed by atoms with Gasteiger partial charge in [-0.25, -0.2) is 4.39 Å². The van der Waals surface area contributed by atoms with E-state index < -0.39 is 0 Å². The van der Waals surface area contributed by atoms with E-state index in [0.29, 0.717) is 12.2 Å². The number of ether oxygens (including phenoxy) is 1. The summed E-state index contributed by atoms with van der Waals surface area (Å²) in [5.74, 6) is -0.200. The first-order valence-electron chi connectivity index (χ1n) is 5.99. The van der Waals surface area contributed by atoms with Crippen LogP contribution in [0.2, 0.25) is 0 Å². The second kappa shape index (κ2) is 5.02. The minimum atomic E-state index is -0.200. The lowest BCUT2D eigenvalue weighted by Crippen LogP contribution is -2.45. The molecular formula is C13H19FN2O. The van der Waals surface area contributed by atoms with Crippen molar-refractivity contribution in [1.29, 1.82) is 0 Å². The molecule has 1 aromatic rings. The van der Waals surface area contributed by atoms with E-state index in [0.717, 1.165) is 18.7 Å². The largest absolute Gasteiger partial charge is 0.372 e. The van der Waals surface area contributed by atoms with Gasteiger partial charge in [-0.05, 0) is 31.5 Å². The van der Waals surface area contributed by atoms with Crippen LogP contribution in [0, 0.1) is 5.82 Å². The number of hydrogen-bond donors (Lipinski definition) is 1. The predicted molar refractivity (Wildman–Crippen MR) is 66.5 cm³/mol. The second-order valence-corrected chi connectivity index (χ2v) is 4.65. The summed E-state index contributed by atoms with van der Waals surface area (Å²) in [5, 5.41) is 0. The Morgan fingerprint density at radius 1 is 1.35 bits per heavy atom. The molecule has 0 aromatic heterocycles. The van der Waals surface area contributed by atoms with Crippen molar-refractivity contribution in [2.24, 2.45) is 5.73 Å². The Balaban J connectivity index is 2.21. The normalized spacial score (nSPS) is 25.1. The van der Waals surface area contributed by atoms with Crippen LogP contribution in [0.15, 0.2) is 18.2 Å². The van der Waals surface area contributed by atoms with Crippen molar-refractivity contribution in [3.8, 4) is 0 Å². The highest BCUT2D eigenvalue weighted by Gasteiger charge is 2.24. The molecule has 0 spiro atoms. The molecule has 2 rings (SSSR count). The van der Waals surface area contributed by atoms with Crippen molar-refractivity contribution >= 4 is 5.69 Å². The van der Waals surface area contributed by atoms with Crippen LogP contribution in [0.25, 0.3) is 0 Å². The zero-order valence-corrected chi connectivity index (χ0v) is 10.3. The number of nitrogens with zero attached hydrogens (tertiary/aromatic N) is 1. The number of morpholine rings is 1. The van der Waals surface area contributed by atoms with Gasteiger partial charge in [-0.1, -0.05) is 6.07 Å². The van der Waals surface area contributed by atoms with E-state index in [4.69, 9.17) is 10.5 Å². The molecule has 1 aliphatic heterocycles. The van der Waals surface area contributed by atoms with Crippen molar-refractivity contribution in [2.75, 3.05) is 18.0 Å². The summed E-state index contributed by atoms with van der Waals surface area (Å²) in [5.41, 5.74) is 6.95. The van der Waals surface area contributed by atoms with Crippen LogP contribution in [-0.4, -0.2) is 25.3 Å². The molecule has 0 amide bonds. The fourth-order valence-corrected chi connectivity index (χ4v) is 2.31. The molecular weight excluding hydrogens is 219 g/mol. The average Bonchev–Trinajstić information content (AvgIpc) is 2.27. The lowest BCUT2D eigenvalue weighted by molar-refractivity contribution is -0.00539. The molecule has 0 unspecified atom stereocenters. The van der Waals surface area contributed by atoms with Crippen LogP contribution in [-0.2, 0) is 11.3 Å². The molecule has 1 saturated heterocycles. The predicted octanol–water partition coefficient (Wildman–Crippen LogP) is 1.90. The van der Waals surface area contributed by atoms with Gasteiger partial charge >= 0.3 is 0 Å². The number of benzene rings is 1. The van der Waals surface area contributed by atoms with E-state index >= 15 is 0 Å². The summed E-state index contributed by atoms with van der Waals surface area (Å²) in [6, 6.07) is 5.20. The van der Waals surface area contributed by atoms with Gasteiger partial charge in [0.25, 0.3) is 0 Å². The van der Waals surface area contributed by atoms with Crippen LogP contribution in [0.5, 0.6) is 0 Å². The van der Waals surface area contributed by atoms with Crippen molar-refractivity contribution in [1.82, 2.24) is 0 Å². The molecule has 1 aromatic carbocycles. The second-order valence-electron chi connectivity index (χ2n) is 4.65. The Labute approximate surface area is 101 Å². The molecule has 94 valence electrons. The minimum Gasteiger partial charge on any atom is -0.372 e. The summed E-state index contributed by atoms with van der Waals surface area (Å²) in [7, 11) is 0. The summed E-state index contributed by atoms with van der Waals surface area (Å²) < 4.78 is 19.6. The highest BCUT2D eigenvalue weighted by Crippen LogP contribution is 2.24. The minimum absolute atomic E-state index is 0.132. The van der Waals surface area contributed by atoms with E-state index in [9.17, 15) is 4.39 Å². The van der Waals surface area contributed by atoms with E-state index in [-0.39, 0.29) is 18.0 Å². The van der Waals surface area contributed by atoms with Gasteiger partial charge in [-0.2, -0.15) is 0 Å². The lowest BCUT2D eigenvalue weighted by atomic mass is 10.1. The Bertz CT molecular complexity index is 387. The van der Waals surface area contributed by atoms with Gasteiger partial charge in [0.2, 0.25) is 0 Å². The Morgan fingerprint density at radius 2 is 2.00 bits per heavy atom. The molecule has 3 nitrogen and oxygen atoms in total. The van der Waals surface area contributed by atoms with Crippen LogP contribution < -0.4 is 10.6 Å². The highest BCUT2D eigenvalue weighted by molar-refractivity contribution is 5.49. The number of halogens is 1. The van der Waals surface area contributed by atoms with Gasteiger partial charge in [0.05, 0.1) is 17.9 Å².